The van der Waals surface area contributed by atoms with Gasteiger partial charge in [0.25, 0.3) is 0 Å². The Balaban J connectivity index is 2.09. The topological polar surface area (TPSA) is 103 Å². The van der Waals surface area contributed by atoms with Crippen molar-refractivity contribution in [3.05, 3.63) is 38.9 Å². The molecule has 0 amide bonds. The maximum absolute atomic E-state index is 12.9. The zero-order valence-electron chi connectivity index (χ0n) is 12.8. The first-order valence-corrected chi connectivity index (χ1v) is 9.15. The van der Waals surface area contributed by atoms with Gasteiger partial charge in [-0.15, -0.1) is 0 Å². The van der Waals surface area contributed by atoms with Gasteiger partial charge in [-0.05, 0) is 37.5 Å². The quantitative estimate of drug-likeness (QED) is 0.821. The van der Waals surface area contributed by atoms with E-state index in [0.29, 0.717) is 17.6 Å². The Hall–Kier alpha value is -1.93. The summed E-state index contributed by atoms with van der Waals surface area (Å²) in [7, 11) is -3.62. The van der Waals surface area contributed by atoms with E-state index in [4.69, 9.17) is 0 Å². The number of nitrogens with one attached hydrogen (secondary N) is 2. The van der Waals surface area contributed by atoms with Crippen molar-refractivity contribution in [3.8, 4) is 0 Å². The highest BCUT2D eigenvalue weighted by Gasteiger charge is 2.32. The Morgan fingerprint density at radius 2 is 1.83 bits per heavy atom. The lowest BCUT2D eigenvalue weighted by Gasteiger charge is -2.34. The number of aromatic nitrogens is 2. The van der Waals surface area contributed by atoms with Crippen molar-refractivity contribution < 1.29 is 8.42 Å². The monoisotopic (exact) mass is 337 g/mol. The van der Waals surface area contributed by atoms with Crippen molar-refractivity contribution in [1.29, 1.82) is 0 Å². The first-order chi connectivity index (χ1) is 10.9. The van der Waals surface area contributed by atoms with E-state index in [1.807, 2.05) is 6.92 Å². The second-order valence-corrected chi connectivity index (χ2v) is 7.68. The summed E-state index contributed by atoms with van der Waals surface area (Å²) in [5.74, 6) is 0. The van der Waals surface area contributed by atoms with Crippen molar-refractivity contribution in [2.45, 2.75) is 43.5 Å². The summed E-state index contributed by atoms with van der Waals surface area (Å²) in [5.41, 5.74) is -0.841. The molecular weight excluding hydrogens is 318 g/mol. The Morgan fingerprint density at radius 1 is 1.13 bits per heavy atom. The number of benzene rings is 1. The van der Waals surface area contributed by atoms with E-state index in [1.165, 1.54) is 18.2 Å². The van der Waals surface area contributed by atoms with Crippen molar-refractivity contribution in [2.24, 2.45) is 0 Å². The molecule has 1 aromatic carbocycles. The smallest absolute Gasteiger partial charge is 0.314 e. The molecule has 2 heterocycles. The van der Waals surface area contributed by atoms with Crippen LogP contribution in [0.4, 0.5) is 0 Å². The summed E-state index contributed by atoms with van der Waals surface area (Å²) in [5, 5.41) is 0. The Kier molecular flexibility index (Phi) is 4.11. The lowest BCUT2D eigenvalue weighted by atomic mass is 10.0. The van der Waals surface area contributed by atoms with Gasteiger partial charge in [-0.2, -0.15) is 4.31 Å². The molecule has 23 heavy (non-hydrogen) atoms. The van der Waals surface area contributed by atoms with E-state index in [2.05, 4.69) is 9.97 Å². The Labute approximate surface area is 133 Å². The number of aromatic amines is 2. The molecule has 0 saturated carbocycles. The van der Waals surface area contributed by atoms with E-state index in [1.54, 1.807) is 4.31 Å². The fourth-order valence-electron chi connectivity index (χ4n) is 3.09. The van der Waals surface area contributed by atoms with Crippen LogP contribution in [-0.4, -0.2) is 35.3 Å². The average Bonchev–Trinajstić information content (AvgIpc) is 2.55. The van der Waals surface area contributed by atoms with Gasteiger partial charge in [0, 0.05) is 12.6 Å². The third-order valence-electron chi connectivity index (χ3n) is 4.34. The summed E-state index contributed by atoms with van der Waals surface area (Å²) < 4.78 is 27.4. The maximum atomic E-state index is 12.9. The standard InChI is InChI=1S/C15H19N3O4S/c1-2-10-5-3-4-8-18(10)23(21,22)11-6-7-12-13(9-11)17-15(20)14(19)16-12/h6-7,9-10H,2-5,8H2,1H3,(H,16,19)(H,17,20)/t10-/m0/s1. The third-order valence-corrected chi connectivity index (χ3v) is 6.29. The van der Waals surface area contributed by atoms with E-state index < -0.39 is 21.1 Å². The van der Waals surface area contributed by atoms with Gasteiger partial charge in [-0.1, -0.05) is 13.3 Å². The van der Waals surface area contributed by atoms with Crippen molar-refractivity contribution >= 4 is 21.1 Å². The molecule has 1 aliphatic heterocycles. The predicted molar refractivity (Wildman–Crippen MR) is 87.0 cm³/mol. The number of fused-ring (bicyclic) bond motifs is 1. The molecule has 3 rings (SSSR count). The summed E-state index contributed by atoms with van der Waals surface area (Å²) in [6.07, 6.45) is 3.54. The summed E-state index contributed by atoms with van der Waals surface area (Å²) in [4.78, 5) is 27.7. The molecule has 0 bridgehead atoms. The van der Waals surface area contributed by atoms with Crippen LogP contribution < -0.4 is 11.1 Å². The van der Waals surface area contributed by atoms with Gasteiger partial charge < -0.3 is 9.97 Å². The second-order valence-electron chi connectivity index (χ2n) is 5.79. The summed E-state index contributed by atoms with van der Waals surface area (Å²) >= 11 is 0. The number of H-pyrrole nitrogens is 2. The number of rotatable bonds is 3. The van der Waals surface area contributed by atoms with Crippen LogP contribution in [0.2, 0.25) is 0 Å². The van der Waals surface area contributed by atoms with Gasteiger partial charge in [0.2, 0.25) is 10.0 Å². The van der Waals surface area contributed by atoms with E-state index in [-0.39, 0.29) is 10.9 Å². The molecule has 1 atom stereocenters. The van der Waals surface area contributed by atoms with Crippen LogP contribution in [-0.2, 0) is 10.0 Å². The van der Waals surface area contributed by atoms with Gasteiger partial charge in [-0.25, -0.2) is 8.42 Å². The highest BCUT2D eigenvalue weighted by atomic mass is 32.2. The molecule has 0 unspecified atom stereocenters. The largest absolute Gasteiger partial charge is 0.316 e. The number of piperidine rings is 1. The summed E-state index contributed by atoms with van der Waals surface area (Å²) in [6, 6.07) is 4.39. The lowest BCUT2D eigenvalue weighted by Crippen LogP contribution is -2.43. The minimum Gasteiger partial charge on any atom is -0.316 e. The molecule has 124 valence electrons. The molecule has 7 nitrogen and oxygen atoms in total. The number of hydrogen-bond acceptors (Lipinski definition) is 4. The van der Waals surface area contributed by atoms with Crippen LogP contribution >= 0.6 is 0 Å². The lowest BCUT2D eigenvalue weighted by molar-refractivity contribution is 0.246. The number of hydrogen-bond donors (Lipinski definition) is 2. The number of nitrogens with zero attached hydrogens (tertiary/aromatic N) is 1. The second kappa shape index (κ2) is 5.93. The van der Waals surface area contributed by atoms with E-state index in [9.17, 15) is 18.0 Å². The van der Waals surface area contributed by atoms with Crippen LogP contribution in [0, 0.1) is 0 Å². The highest BCUT2D eigenvalue weighted by molar-refractivity contribution is 7.89. The average molecular weight is 337 g/mol. The molecule has 2 aromatic rings. The maximum Gasteiger partial charge on any atom is 0.314 e. The highest BCUT2D eigenvalue weighted by Crippen LogP contribution is 2.27. The SMILES string of the molecule is CC[C@H]1CCCCN1S(=O)(=O)c1ccc2[nH]c(=O)c(=O)[nH]c2c1. The van der Waals surface area contributed by atoms with Crippen LogP contribution in [0.25, 0.3) is 11.0 Å². The van der Waals surface area contributed by atoms with Gasteiger partial charge in [0.1, 0.15) is 0 Å². The van der Waals surface area contributed by atoms with Crippen LogP contribution in [0.1, 0.15) is 32.6 Å². The minimum atomic E-state index is -3.62. The summed E-state index contributed by atoms with van der Waals surface area (Å²) in [6.45, 7) is 2.50. The van der Waals surface area contributed by atoms with Crippen LogP contribution in [0.5, 0.6) is 0 Å². The molecule has 2 N–H and O–H groups in total. The minimum absolute atomic E-state index is 0.0130. The van der Waals surface area contributed by atoms with Gasteiger partial charge in [0.15, 0.2) is 0 Å². The Morgan fingerprint density at radius 3 is 2.52 bits per heavy atom. The molecule has 1 aliphatic rings. The van der Waals surface area contributed by atoms with Crippen LogP contribution in [0.3, 0.4) is 0 Å². The third kappa shape index (κ3) is 2.84. The number of sulfonamides is 1. The van der Waals surface area contributed by atoms with Gasteiger partial charge in [-0.3, -0.25) is 9.59 Å². The van der Waals surface area contributed by atoms with Crippen molar-refractivity contribution in [2.75, 3.05) is 6.54 Å². The Bertz CT molecular complexity index is 945. The molecule has 1 fully saturated rings. The molecule has 0 radical (unpaired) electrons. The molecule has 1 saturated heterocycles. The fourth-order valence-corrected chi connectivity index (χ4v) is 4.88. The van der Waals surface area contributed by atoms with Gasteiger partial charge in [0.05, 0.1) is 15.9 Å². The normalized spacial score (nSPS) is 20.0. The van der Waals surface area contributed by atoms with Crippen LogP contribution in [0.15, 0.2) is 32.7 Å². The van der Waals surface area contributed by atoms with Crippen molar-refractivity contribution in [1.82, 2.24) is 14.3 Å². The molecule has 0 spiro atoms. The molecular formula is C15H19N3O4S. The first kappa shape index (κ1) is 15.9. The van der Waals surface area contributed by atoms with E-state index >= 15 is 0 Å². The van der Waals surface area contributed by atoms with Crippen molar-refractivity contribution in [3.63, 3.8) is 0 Å². The fraction of sp³-hybridized carbons (Fsp3) is 0.467. The molecule has 8 heteroatoms. The molecule has 0 aliphatic carbocycles. The van der Waals surface area contributed by atoms with Gasteiger partial charge >= 0.3 is 11.1 Å². The van der Waals surface area contributed by atoms with E-state index in [0.717, 1.165) is 25.7 Å². The first-order valence-electron chi connectivity index (χ1n) is 7.71. The zero-order valence-corrected chi connectivity index (χ0v) is 13.6. The molecule has 1 aromatic heterocycles. The predicted octanol–water partition coefficient (Wildman–Crippen LogP) is 1.17. The zero-order chi connectivity index (χ0) is 16.6.